The van der Waals surface area contributed by atoms with Crippen molar-refractivity contribution in [2.75, 3.05) is 18.8 Å². The minimum absolute atomic E-state index is 0.0576. The number of anilines is 1. The van der Waals surface area contributed by atoms with Crippen molar-refractivity contribution in [3.63, 3.8) is 0 Å². The van der Waals surface area contributed by atoms with Crippen LogP contribution in [0.2, 0.25) is 0 Å². The molecule has 1 atom stereocenters. The number of hydrogen-bond donors (Lipinski definition) is 2. The molecule has 6 rings (SSSR count). The van der Waals surface area contributed by atoms with Crippen LogP contribution in [-0.2, 0) is 22.7 Å². The summed E-state index contributed by atoms with van der Waals surface area (Å²) in [6.45, 7) is 2.14. The van der Waals surface area contributed by atoms with E-state index in [9.17, 15) is 14.4 Å². The number of carbonyl (C=O) groups excluding carboxylic acids is 3. The van der Waals surface area contributed by atoms with Gasteiger partial charge in [0.25, 0.3) is 5.91 Å². The molecule has 2 fully saturated rings. The number of nitrogen functional groups attached to an aromatic ring is 1. The number of halogens is 1. The Morgan fingerprint density at radius 2 is 1.90 bits per heavy atom. The fourth-order valence-electron chi connectivity index (χ4n) is 5.43. The molecule has 1 aromatic carbocycles. The van der Waals surface area contributed by atoms with Crippen molar-refractivity contribution in [3.8, 4) is 17.3 Å². The lowest BCUT2D eigenvalue weighted by Crippen LogP contribution is -2.52. The molecule has 3 aromatic rings. The zero-order valence-electron chi connectivity index (χ0n) is 20.9. The molecular weight excluding hydrogens is 501 g/mol. The van der Waals surface area contributed by atoms with Gasteiger partial charge in [0.2, 0.25) is 11.8 Å². The number of imide groups is 1. The van der Waals surface area contributed by atoms with Gasteiger partial charge >= 0.3 is 0 Å². The lowest BCUT2D eigenvalue weighted by Gasteiger charge is -2.39. The zero-order chi connectivity index (χ0) is 27.3. The molecule has 11 heteroatoms. The summed E-state index contributed by atoms with van der Waals surface area (Å²) in [5.41, 5.74) is 9.55. The van der Waals surface area contributed by atoms with Gasteiger partial charge in [-0.05, 0) is 36.8 Å². The number of nitrogens with one attached hydrogen (secondary N) is 1. The second-order valence-corrected chi connectivity index (χ2v) is 10.1. The molecule has 2 saturated heterocycles. The van der Waals surface area contributed by atoms with Crippen LogP contribution in [0.1, 0.15) is 51.5 Å². The van der Waals surface area contributed by atoms with Gasteiger partial charge in [-0.2, -0.15) is 5.26 Å². The molecule has 0 aliphatic carbocycles. The third-order valence-electron chi connectivity index (χ3n) is 7.62. The smallest absolute Gasteiger partial charge is 0.255 e. The maximum absolute atomic E-state index is 15.6. The molecule has 2 aromatic heterocycles. The first kappa shape index (κ1) is 24.6. The summed E-state index contributed by atoms with van der Waals surface area (Å²) in [7, 11) is 0. The Hall–Kier alpha value is -4.69. The third kappa shape index (κ3) is 4.38. The number of benzene rings is 1. The monoisotopic (exact) mass is 525 g/mol. The molecule has 0 radical (unpaired) electrons. The van der Waals surface area contributed by atoms with E-state index in [1.807, 2.05) is 12.1 Å². The minimum atomic E-state index is -0.813. The lowest BCUT2D eigenvalue weighted by atomic mass is 9.94. The molecule has 10 nitrogen and oxygen atoms in total. The van der Waals surface area contributed by atoms with Crippen LogP contribution in [0.25, 0.3) is 11.3 Å². The number of carbonyl (C=O) groups is 3. The predicted molar refractivity (Wildman–Crippen MR) is 137 cm³/mol. The average Bonchev–Trinajstić information content (AvgIpc) is 3.24. The number of hydrogen-bond acceptors (Lipinski definition) is 8. The first-order valence-electron chi connectivity index (χ1n) is 12.6. The molecule has 196 valence electrons. The van der Waals surface area contributed by atoms with Crippen LogP contribution in [0.3, 0.4) is 0 Å². The number of likely N-dealkylation sites (tertiary alicyclic amines) is 1. The Bertz CT molecular complexity index is 1560. The number of nitriles is 1. The highest BCUT2D eigenvalue weighted by atomic mass is 19.1. The predicted octanol–water partition coefficient (Wildman–Crippen LogP) is 2.10. The van der Waals surface area contributed by atoms with E-state index in [4.69, 9.17) is 11.0 Å². The van der Waals surface area contributed by atoms with Gasteiger partial charge in [-0.3, -0.25) is 29.6 Å². The Morgan fingerprint density at radius 3 is 2.59 bits per heavy atom. The van der Waals surface area contributed by atoms with Gasteiger partial charge < -0.3 is 10.6 Å². The number of rotatable bonds is 5. The SMILES string of the molecule is N#Cc1ccc(C2CN(Cc3ccc(-c4ccc5c(c4F)CN([C@H]4CCC(=O)NC4=O)C5=O)nc3N)C2)nc1. The molecule has 3 amide bonds. The van der Waals surface area contributed by atoms with Crippen molar-refractivity contribution in [1.82, 2.24) is 25.1 Å². The van der Waals surface area contributed by atoms with Crippen molar-refractivity contribution >= 4 is 23.5 Å². The molecule has 5 heterocycles. The van der Waals surface area contributed by atoms with Crippen molar-refractivity contribution in [3.05, 3.63) is 76.4 Å². The van der Waals surface area contributed by atoms with Gasteiger partial charge in [-0.15, -0.1) is 0 Å². The zero-order valence-corrected chi connectivity index (χ0v) is 20.9. The second kappa shape index (κ2) is 9.56. The molecule has 3 N–H and O–H groups in total. The summed E-state index contributed by atoms with van der Waals surface area (Å²) in [5, 5.41) is 11.2. The number of fused-ring (bicyclic) bond motifs is 1. The standard InChI is InChI=1S/C28H24FN7O3/c29-25-19(4-3-18-20(25)14-36(28(18)39)23-7-8-24(37)34-27(23)38)22-6-2-16(26(31)33-22)11-35-12-17(13-35)21-5-1-15(9-30)10-32-21/h1-6,10,17,23H,7-8,11-14H2,(H2,31,33)(H,34,37,38)/t23-/m0/s1. The highest BCUT2D eigenvalue weighted by molar-refractivity contribution is 6.05. The van der Waals surface area contributed by atoms with Crippen molar-refractivity contribution < 1.29 is 18.8 Å². The Morgan fingerprint density at radius 1 is 1.10 bits per heavy atom. The molecule has 3 aliphatic rings. The van der Waals surface area contributed by atoms with Crippen LogP contribution in [-0.4, -0.2) is 56.6 Å². The van der Waals surface area contributed by atoms with Gasteiger partial charge in [0.05, 0.1) is 17.8 Å². The molecule has 39 heavy (non-hydrogen) atoms. The van der Waals surface area contributed by atoms with E-state index in [0.717, 1.165) is 24.3 Å². The van der Waals surface area contributed by atoms with Crippen LogP contribution >= 0.6 is 0 Å². The first-order valence-corrected chi connectivity index (χ1v) is 12.6. The van der Waals surface area contributed by atoms with E-state index in [2.05, 4.69) is 26.3 Å². The van der Waals surface area contributed by atoms with E-state index in [1.165, 1.54) is 11.0 Å². The van der Waals surface area contributed by atoms with Crippen LogP contribution < -0.4 is 11.1 Å². The summed E-state index contributed by atoms with van der Waals surface area (Å²) in [6, 6.07) is 11.5. The second-order valence-electron chi connectivity index (χ2n) is 10.1. The molecule has 0 unspecified atom stereocenters. The lowest BCUT2D eigenvalue weighted by molar-refractivity contribution is -0.136. The molecule has 3 aliphatic heterocycles. The normalized spacial score (nSPS) is 19.4. The van der Waals surface area contributed by atoms with Crippen molar-refractivity contribution in [2.24, 2.45) is 0 Å². The van der Waals surface area contributed by atoms with E-state index in [1.54, 1.807) is 24.4 Å². The molecule has 0 spiro atoms. The number of pyridine rings is 2. The Labute approximate surface area is 223 Å². The first-order chi connectivity index (χ1) is 18.8. The summed E-state index contributed by atoms with van der Waals surface area (Å²) in [5.74, 6) is -1.34. The van der Waals surface area contributed by atoms with Crippen molar-refractivity contribution in [1.29, 1.82) is 5.26 Å². The highest BCUT2D eigenvalue weighted by Gasteiger charge is 2.40. The summed E-state index contributed by atoms with van der Waals surface area (Å²) in [4.78, 5) is 49.1. The maximum Gasteiger partial charge on any atom is 0.255 e. The number of piperidine rings is 1. The minimum Gasteiger partial charge on any atom is -0.383 e. The quantitative estimate of drug-likeness (QED) is 0.482. The van der Waals surface area contributed by atoms with Gasteiger partial charge in [0.1, 0.15) is 23.7 Å². The average molecular weight is 526 g/mol. The summed E-state index contributed by atoms with van der Waals surface area (Å²) >= 11 is 0. The Kier molecular flexibility index (Phi) is 6.04. The number of aromatic nitrogens is 2. The van der Waals surface area contributed by atoms with Gasteiger partial charge in [0, 0.05) is 66.1 Å². The van der Waals surface area contributed by atoms with Gasteiger partial charge in [0.15, 0.2) is 0 Å². The van der Waals surface area contributed by atoms with Crippen LogP contribution in [0.4, 0.5) is 10.2 Å². The maximum atomic E-state index is 15.6. The largest absolute Gasteiger partial charge is 0.383 e. The number of nitrogens with zero attached hydrogens (tertiary/aromatic N) is 5. The molecular formula is C28H24FN7O3. The van der Waals surface area contributed by atoms with E-state index >= 15 is 4.39 Å². The van der Waals surface area contributed by atoms with Crippen LogP contribution in [0.15, 0.2) is 42.6 Å². The number of amides is 3. The van der Waals surface area contributed by atoms with Gasteiger partial charge in [-0.1, -0.05) is 6.07 Å². The van der Waals surface area contributed by atoms with E-state index in [-0.39, 0.29) is 47.9 Å². The number of nitrogens with two attached hydrogens (primary N) is 1. The fraction of sp³-hybridized carbons (Fsp3) is 0.286. The summed E-state index contributed by atoms with van der Waals surface area (Å²) in [6.07, 6.45) is 1.92. The Balaban J connectivity index is 1.15. The third-order valence-corrected chi connectivity index (χ3v) is 7.62. The topological polar surface area (TPSA) is 145 Å². The van der Waals surface area contributed by atoms with Crippen LogP contribution in [0.5, 0.6) is 0 Å². The molecule has 0 saturated carbocycles. The molecule has 0 bridgehead atoms. The summed E-state index contributed by atoms with van der Waals surface area (Å²) < 4.78 is 15.6. The van der Waals surface area contributed by atoms with E-state index in [0.29, 0.717) is 23.6 Å². The van der Waals surface area contributed by atoms with E-state index < -0.39 is 23.7 Å². The van der Waals surface area contributed by atoms with Crippen molar-refractivity contribution in [2.45, 2.75) is 37.9 Å². The van der Waals surface area contributed by atoms with Gasteiger partial charge in [-0.25, -0.2) is 9.37 Å². The highest BCUT2D eigenvalue weighted by Crippen LogP contribution is 2.35. The fourth-order valence-corrected chi connectivity index (χ4v) is 5.43. The van der Waals surface area contributed by atoms with Crippen LogP contribution in [0, 0.1) is 17.1 Å².